The van der Waals surface area contributed by atoms with Crippen LogP contribution in [0.5, 0.6) is 0 Å². The van der Waals surface area contributed by atoms with Gasteiger partial charge in [-0.25, -0.2) is 4.98 Å². The van der Waals surface area contributed by atoms with Gasteiger partial charge in [-0.05, 0) is 26.7 Å². The molecule has 1 aliphatic carbocycles. The van der Waals surface area contributed by atoms with Crippen molar-refractivity contribution in [2.45, 2.75) is 64.2 Å². The van der Waals surface area contributed by atoms with Crippen LogP contribution >= 0.6 is 0 Å². The summed E-state index contributed by atoms with van der Waals surface area (Å²) < 4.78 is 7.81. The van der Waals surface area contributed by atoms with E-state index in [0.29, 0.717) is 17.5 Å². The highest BCUT2D eigenvalue weighted by Gasteiger charge is 2.28. The Hall–Kier alpha value is -1.66. The molecular formula is C18H26N4O2. The van der Waals surface area contributed by atoms with Crippen LogP contribution in [0.4, 0.5) is 0 Å². The SMILES string of the molecule is CC(C)OC1CN(Cc2cn3c(C4CCCC4)ncc3c(=O)[nH]2)C1. The van der Waals surface area contributed by atoms with Crippen LogP contribution in [-0.2, 0) is 11.3 Å². The quantitative estimate of drug-likeness (QED) is 0.914. The Morgan fingerprint density at radius 1 is 1.33 bits per heavy atom. The van der Waals surface area contributed by atoms with Crippen molar-refractivity contribution in [2.75, 3.05) is 13.1 Å². The van der Waals surface area contributed by atoms with Crippen LogP contribution in [-0.4, -0.2) is 44.6 Å². The number of aromatic nitrogens is 3. The summed E-state index contributed by atoms with van der Waals surface area (Å²) in [4.78, 5) is 22.2. The summed E-state index contributed by atoms with van der Waals surface area (Å²) in [5.41, 5.74) is 1.57. The van der Waals surface area contributed by atoms with Gasteiger partial charge in [0.2, 0.25) is 0 Å². The van der Waals surface area contributed by atoms with Crippen molar-refractivity contribution in [2.24, 2.45) is 0 Å². The topological polar surface area (TPSA) is 62.6 Å². The number of hydrogen-bond donors (Lipinski definition) is 1. The fourth-order valence-corrected chi connectivity index (χ4v) is 4.01. The minimum absolute atomic E-state index is 0.0419. The molecule has 0 spiro atoms. The Balaban J connectivity index is 1.52. The van der Waals surface area contributed by atoms with Crippen LogP contribution in [0, 0.1) is 0 Å². The third kappa shape index (κ3) is 3.00. The molecule has 2 fully saturated rings. The second-order valence-electron chi connectivity index (χ2n) is 7.46. The predicted octanol–water partition coefficient (Wildman–Crippen LogP) is 2.29. The molecule has 2 aliphatic rings. The smallest absolute Gasteiger partial charge is 0.274 e. The first kappa shape index (κ1) is 15.8. The lowest BCUT2D eigenvalue weighted by Gasteiger charge is -2.39. The minimum atomic E-state index is -0.0419. The Morgan fingerprint density at radius 2 is 2.08 bits per heavy atom. The summed E-state index contributed by atoms with van der Waals surface area (Å²) in [6, 6.07) is 0. The van der Waals surface area contributed by atoms with Gasteiger partial charge < -0.3 is 9.72 Å². The van der Waals surface area contributed by atoms with Crippen LogP contribution < -0.4 is 5.56 Å². The van der Waals surface area contributed by atoms with E-state index in [1.165, 1.54) is 25.7 Å². The fraction of sp³-hybridized carbons (Fsp3) is 0.667. The van der Waals surface area contributed by atoms with E-state index in [1.807, 2.05) is 4.40 Å². The molecule has 0 aromatic carbocycles. The number of rotatable bonds is 5. The predicted molar refractivity (Wildman–Crippen MR) is 92.3 cm³/mol. The Labute approximate surface area is 141 Å². The van der Waals surface area contributed by atoms with Crippen molar-refractivity contribution in [1.82, 2.24) is 19.3 Å². The number of ether oxygens (including phenoxy) is 1. The lowest BCUT2D eigenvalue weighted by molar-refractivity contribution is -0.0837. The standard InChI is InChI=1S/C18H26N4O2/c1-12(2)24-15-10-21(11-15)8-14-9-22-16(18(23)20-14)7-19-17(22)13-5-3-4-6-13/h7,9,12-13,15H,3-6,8,10-11H2,1-2H3,(H,20,23). The van der Waals surface area contributed by atoms with Crippen LogP contribution in [0.2, 0.25) is 0 Å². The summed E-state index contributed by atoms with van der Waals surface area (Å²) in [5.74, 6) is 1.55. The van der Waals surface area contributed by atoms with Gasteiger partial charge in [0.05, 0.1) is 18.4 Å². The number of hydrogen-bond acceptors (Lipinski definition) is 4. The van der Waals surface area contributed by atoms with E-state index in [9.17, 15) is 4.79 Å². The molecule has 0 atom stereocenters. The van der Waals surface area contributed by atoms with Gasteiger partial charge in [0.15, 0.2) is 0 Å². The second-order valence-corrected chi connectivity index (χ2v) is 7.46. The maximum atomic E-state index is 12.4. The van der Waals surface area contributed by atoms with Gasteiger partial charge in [0, 0.05) is 37.4 Å². The molecule has 2 aromatic rings. The summed E-state index contributed by atoms with van der Waals surface area (Å²) >= 11 is 0. The molecular weight excluding hydrogens is 304 g/mol. The molecule has 3 heterocycles. The molecule has 4 rings (SSSR count). The molecule has 0 radical (unpaired) electrons. The summed E-state index contributed by atoms with van der Waals surface area (Å²) in [5, 5.41) is 0. The Bertz CT molecular complexity index is 767. The van der Waals surface area contributed by atoms with Gasteiger partial charge >= 0.3 is 0 Å². The third-order valence-electron chi connectivity index (χ3n) is 5.12. The lowest BCUT2D eigenvalue weighted by atomic mass is 10.1. The second kappa shape index (κ2) is 6.33. The number of imidazole rings is 1. The monoisotopic (exact) mass is 330 g/mol. The van der Waals surface area contributed by atoms with Crippen molar-refractivity contribution in [1.29, 1.82) is 0 Å². The van der Waals surface area contributed by atoms with Crippen molar-refractivity contribution in [3.05, 3.63) is 34.3 Å². The van der Waals surface area contributed by atoms with Crippen LogP contribution in [0.1, 0.15) is 57.0 Å². The van der Waals surface area contributed by atoms with E-state index in [-0.39, 0.29) is 11.7 Å². The maximum Gasteiger partial charge on any atom is 0.274 e. The average molecular weight is 330 g/mol. The molecule has 130 valence electrons. The Kier molecular flexibility index (Phi) is 4.18. The largest absolute Gasteiger partial charge is 0.373 e. The number of fused-ring (bicyclic) bond motifs is 1. The molecule has 1 N–H and O–H groups in total. The van der Waals surface area contributed by atoms with Crippen molar-refractivity contribution in [3.63, 3.8) is 0 Å². The van der Waals surface area contributed by atoms with Gasteiger partial charge in [0.25, 0.3) is 5.56 Å². The van der Waals surface area contributed by atoms with E-state index < -0.39 is 0 Å². The average Bonchev–Trinajstić information content (AvgIpc) is 3.12. The summed E-state index contributed by atoms with van der Waals surface area (Å²) in [6.45, 7) is 6.75. The molecule has 0 amide bonds. The number of nitrogens with one attached hydrogen (secondary N) is 1. The van der Waals surface area contributed by atoms with Crippen LogP contribution in [0.3, 0.4) is 0 Å². The van der Waals surface area contributed by atoms with E-state index >= 15 is 0 Å². The van der Waals surface area contributed by atoms with Crippen molar-refractivity contribution < 1.29 is 4.74 Å². The molecule has 6 nitrogen and oxygen atoms in total. The molecule has 6 heteroatoms. The normalized spacial score (nSPS) is 20.3. The summed E-state index contributed by atoms with van der Waals surface area (Å²) in [7, 11) is 0. The zero-order chi connectivity index (χ0) is 16.7. The van der Waals surface area contributed by atoms with E-state index in [4.69, 9.17) is 4.74 Å². The van der Waals surface area contributed by atoms with Crippen molar-refractivity contribution >= 4 is 5.52 Å². The molecule has 1 saturated carbocycles. The molecule has 1 saturated heterocycles. The first-order valence-electron chi connectivity index (χ1n) is 9.07. The number of H-pyrrole nitrogens is 1. The number of nitrogens with zero attached hydrogens (tertiary/aromatic N) is 3. The molecule has 0 unspecified atom stereocenters. The number of aromatic amines is 1. The van der Waals surface area contributed by atoms with Gasteiger partial charge in [-0.3, -0.25) is 14.1 Å². The first-order chi connectivity index (χ1) is 11.6. The molecule has 0 bridgehead atoms. The van der Waals surface area contributed by atoms with E-state index in [2.05, 4.69) is 34.9 Å². The van der Waals surface area contributed by atoms with Gasteiger partial charge in [-0.15, -0.1) is 0 Å². The minimum Gasteiger partial charge on any atom is -0.373 e. The third-order valence-corrected chi connectivity index (χ3v) is 5.12. The van der Waals surface area contributed by atoms with Crippen LogP contribution in [0.15, 0.2) is 17.2 Å². The van der Waals surface area contributed by atoms with Crippen molar-refractivity contribution in [3.8, 4) is 0 Å². The highest BCUT2D eigenvalue weighted by molar-refractivity contribution is 5.44. The van der Waals surface area contributed by atoms with Gasteiger partial charge in [-0.1, -0.05) is 12.8 Å². The summed E-state index contributed by atoms with van der Waals surface area (Å²) in [6.07, 6.45) is 9.27. The maximum absolute atomic E-state index is 12.4. The number of likely N-dealkylation sites (tertiary alicyclic amines) is 1. The Morgan fingerprint density at radius 3 is 2.79 bits per heavy atom. The first-order valence-corrected chi connectivity index (χ1v) is 9.07. The van der Waals surface area contributed by atoms with Gasteiger partial charge in [-0.2, -0.15) is 0 Å². The van der Waals surface area contributed by atoms with Gasteiger partial charge in [0.1, 0.15) is 11.3 Å². The molecule has 24 heavy (non-hydrogen) atoms. The zero-order valence-electron chi connectivity index (χ0n) is 14.5. The highest BCUT2D eigenvalue weighted by Crippen LogP contribution is 2.33. The molecule has 2 aromatic heterocycles. The van der Waals surface area contributed by atoms with E-state index in [1.54, 1.807) is 6.20 Å². The van der Waals surface area contributed by atoms with E-state index in [0.717, 1.165) is 31.2 Å². The fourth-order valence-electron chi connectivity index (χ4n) is 4.01. The molecule has 1 aliphatic heterocycles. The van der Waals surface area contributed by atoms with Crippen LogP contribution in [0.25, 0.3) is 5.52 Å². The lowest BCUT2D eigenvalue weighted by Crippen LogP contribution is -2.52. The highest BCUT2D eigenvalue weighted by atomic mass is 16.5. The zero-order valence-corrected chi connectivity index (χ0v) is 14.5.